The fourth-order valence-electron chi connectivity index (χ4n) is 2.76. The van der Waals surface area contributed by atoms with Crippen LogP contribution in [0.2, 0.25) is 5.02 Å². The number of hydrogen-bond donors (Lipinski definition) is 2. The lowest BCUT2D eigenvalue weighted by atomic mass is 10.1. The first-order chi connectivity index (χ1) is 11.9. The Morgan fingerprint density at radius 3 is 2.68 bits per heavy atom. The molecule has 2 aromatic carbocycles. The molecule has 1 saturated heterocycles. The number of carbonyl (C=O) groups excluding carboxylic acids is 2. The number of hydrogen-bond acceptors (Lipinski definition) is 4. The van der Waals surface area contributed by atoms with Crippen LogP contribution in [-0.2, 0) is 9.59 Å². The van der Waals surface area contributed by atoms with E-state index in [4.69, 9.17) is 16.7 Å². The van der Waals surface area contributed by atoms with Gasteiger partial charge in [0, 0.05) is 10.7 Å². The van der Waals surface area contributed by atoms with Crippen molar-refractivity contribution >= 4 is 40.8 Å². The van der Waals surface area contributed by atoms with Crippen LogP contribution < -0.4 is 10.2 Å². The summed E-state index contributed by atoms with van der Waals surface area (Å²) in [5.41, 5.74) is 1.60. The van der Waals surface area contributed by atoms with Gasteiger partial charge in [0.15, 0.2) is 0 Å². The number of nitrogens with one attached hydrogen (secondary N) is 1. The zero-order valence-electron chi connectivity index (χ0n) is 13.3. The number of nitrogens with zero attached hydrogens (tertiary/aromatic N) is 1. The van der Waals surface area contributed by atoms with Gasteiger partial charge in [0.1, 0.15) is 6.04 Å². The van der Waals surface area contributed by atoms with Gasteiger partial charge >= 0.3 is 5.97 Å². The van der Waals surface area contributed by atoms with E-state index < -0.39 is 17.9 Å². The fourth-order valence-corrected chi connectivity index (χ4v) is 2.95. The summed E-state index contributed by atoms with van der Waals surface area (Å²) in [5.74, 6) is -1.92. The number of anilines is 2. The number of rotatable bonds is 4. The number of aryl methyl sites for hydroxylation is 1. The molecule has 1 fully saturated rings. The predicted octanol–water partition coefficient (Wildman–Crippen LogP) is 3.09. The number of imide groups is 1. The average molecular weight is 359 g/mol. The molecule has 25 heavy (non-hydrogen) atoms. The smallest absolute Gasteiger partial charge is 0.335 e. The molecule has 2 N–H and O–H groups in total. The minimum Gasteiger partial charge on any atom is -0.478 e. The maximum absolute atomic E-state index is 12.7. The van der Waals surface area contributed by atoms with E-state index in [0.29, 0.717) is 22.0 Å². The molecule has 1 aliphatic heterocycles. The third-order valence-corrected chi connectivity index (χ3v) is 4.24. The van der Waals surface area contributed by atoms with Crippen LogP contribution in [-0.4, -0.2) is 28.9 Å². The van der Waals surface area contributed by atoms with Crippen LogP contribution in [0.4, 0.5) is 11.4 Å². The highest BCUT2D eigenvalue weighted by molar-refractivity contribution is 6.31. The van der Waals surface area contributed by atoms with Crippen molar-refractivity contribution in [1.82, 2.24) is 0 Å². The largest absolute Gasteiger partial charge is 0.478 e. The number of aromatic carboxylic acids is 1. The minimum atomic E-state index is -1.12. The van der Waals surface area contributed by atoms with Crippen molar-refractivity contribution in [1.29, 1.82) is 0 Å². The van der Waals surface area contributed by atoms with E-state index in [2.05, 4.69) is 5.32 Å². The van der Waals surface area contributed by atoms with Crippen LogP contribution in [0.5, 0.6) is 0 Å². The SMILES string of the molecule is Cc1ccc(C(=O)O)cc1N1C(=O)C[C@@H](Nc2cccc(Cl)c2)C1=O. The molecule has 1 atom stereocenters. The van der Waals surface area contributed by atoms with Gasteiger partial charge in [0.2, 0.25) is 5.91 Å². The number of carboxylic acid groups (broad SMARTS) is 1. The van der Waals surface area contributed by atoms with Gasteiger partial charge in [0.05, 0.1) is 17.7 Å². The Morgan fingerprint density at radius 1 is 1.24 bits per heavy atom. The van der Waals surface area contributed by atoms with E-state index in [-0.39, 0.29) is 17.9 Å². The third kappa shape index (κ3) is 3.34. The van der Waals surface area contributed by atoms with Crippen LogP contribution in [0.15, 0.2) is 42.5 Å². The monoisotopic (exact) mass is 358 g/mol. The average Bonchev–Trinajstić information content (AvgIpc) is 2.82. The molecule has 6 nitrogen and oxygen atoms in total. The first kappa shape index (κ1) is 17.0. The molecule has 1 heterocycles. The van der Waals surface area contributed by atoms with Gasteiger partial charge in [-0.2, -0.15) is 0 Å². The van der Waals surface area contributed by atoms with Gasteiger partial charge in [-0.25, -0.2) is 9.69 Å². The molecule has 0 bridgehead atoms. The second-order valence-corrected chi connectivity index (χ2v) is 6.22. The second-order valence-electron chi connectivity index (χ2n) is 5.79. The quantitative estimate of drug-likeness (QED) is 0.820. The van der Waals surface area contributed by atoms with E-state index in [0.717, 1.165) is 4.90 Å². The van der Waals surface area contributed by atoms with Crippen LogP contribution >= 0.6 is 11.6 Å². The highest BCUT2D eigenvalue weighted by atomic mass is 35.5. The van der Waals surface area contributed by atoms with Gasteiger partial charge < -0.3 is 10.4 Å². The molecule has 128 valence electrons. The molecule has 3 rings (SSSR count). The molecule has 1 aliphatic rings. The normalized spacial score (nSPS) is 17.0. The van der Waals surface area contributed by atoms with Crippen molar-refractivity contribution in [3.63, 3.8) is 0 Å². The summed E-state index contributed by atoms with van der Waals surface area (Å²) in [5, 5.41) is 12.7. The summed E-state index contributed by atoms with van der Waals surface area (Å²) in [7, 11) is 0. The van der Waals surface area contributed by atoms with E-state index in [1.807, 2.05) is 0 Å². The molecule has 0 saturated carbocycles. The summed E-state index contributed by atoms with van der Waals surface area (Å²) < 4.78 is 0. The lowest BCUT2D eigenvalue weighted by Gasteiger charge is -2.18. The van der Waals surface area contributed by atoms with E-state index in [9.17, 15) is 14.4 Å². The highest BCUT2D eigenvalue weighted by Crippen LogP contribution is 2.29. The molecular weight excluding hydrogens is 344 g/mol. The zero-order valence-corrected chi connectivity index (χ0v) is 14.1. The number of carboxylic acids is 1. The fraction of sp³-hybridized carbons (Fsp3) is 0.167. The summed E-state index contributed by atoms with van der Waals surface area (Å²) >= 11 is 5.93. The highest BCUT2D eigenvalue weighted by Gasteiger charge is 2.40. The Hall–Kier alpha value is -2.86. The summed E-state index contributed by atoms with van der Waals surface area (Å²) in [6, 6.07) is 10.5. The van der Waals surface area contributed by atoms with Gasteiger partial charge in [0.25, 0.3) is 5.91 Å². The van der Waals surface area contributed by atoms with Crippen molar-refractivity contribution < 1.29 is 19.5 Å². The second kappa shape index (κ2) is 6.57. The van der Waals surface area contributed by atoms with E-state index >= 15 is 0 Å². The lowest BCUT2D eigenvalue weighted by Crippen LogP contribution is -2.35. The van der Waals surface area contributed by atoms with Crippen molar-refractivity contribution in [2.75, 3.05) is 10.2 Å². The first-order valence-corrected chi connectivity index (χ1v) is 7.97. The number of amides is 2. The molecule has 0 spiro atoms. The van der Waals surface area contributed by atoms with Crippen molar-refractivity contribution in [2.45, 2.75) is 19.4 Å². The summed E-state index contributed by atoms with van der Waals surface area (Å²) in [4.78, 5) is 37.3. The first-order valence-electron chi connectivity index (χ1n) is 7.59. The topological polar surface area (TPSA) is 86.7 Å². The Morgan fingerprint density at radius 2 is 2.00 bits per heavy atom. The zero-order chi connectivity index (χ0) is 18.1. The van der Waals surface area contributed by atoms with Crippen molar-refractivity contribution in [2.24, 2.45) is 0 Å². The number of carbonyl (C=O) groups is 3. The Labute approximate surface area is 149 Å². The molecule has 0 aliphatic carbocycles. The molecule has 0 unspecified atom stereocenters. The minimum absolute atomic E-state index is 0.0118. The van der Waals surface area contributed by atoms with Crippen LogP contribution in [0.25, 0.3) is 0 Å². The van der Waals surface area contributed by atoms with Crippen molar-refractivity contribution in [3.8, 4) is 0 Å². The van der Waals surface area contributed by atoms with Crippen molar-refractivity contribution in [3.05, 3.63) is 58.6 Å². The third-order valence-electron chi connectivity index (χ3n) is 4.01. The molecule has 0 radical (unpaired) electrons. The molecular formula is C18H15ClN2O4. The van der Waals surface area contributed by atoms with Crippen LogP contribution in [0.1, 0.15) is 22.3 Å². The van der Waals surface area contributed by atoms with Gasteiger partial charge in [-0.1, -0.05) is 23.7 Å². The number of benzene rings is 2. The lowest BCUT2D eigenvalue weighted by molar-refractivity contribution is -0.121. The summed E-state index contributed by atoms with van der Waals surface area (Å²) in [6.07, 6.45) is -0.0118. The molecule has 2 aromatic rings. The van der Waals surface area contributed by atoms with Gasteiger partial charge in [-0.05, 0) is 42.8 Å². The number of halogens is 1. The summed E-state index contributed by atoms with van der Waals surface area (Å²) in [6.45, 7) is 1.72. The maximum Gasteiger partial charge on any atom is 0.335 e. The predicted molar refractivity (Wildman–Crippen MR) is 94.1 cm³/mol. The standard InChI is InChI=1S/C18H15ClN2O4/c1-10-5-6-11(18(24)25)7-15(10)21-16(22)9-14(17(21)23)20-13-4-2-3-12(19)8-13/h2-8,14,20H,9H2,1H3,(H,24,25)/t14-/m1/s1. The Bertz CT molecular complexity index is 881. The van der Waals surface area contributed by atoms with Crippen LogP contribution in [0, 0.1) is 6.92 Å². The van der Waals surface area contributed by atoms with Gasteiger partial charge in [-0.15, -0.1) is 0 Å². The van der Waals surface area contributed by atoms with E-state index in [1.165, 1.54) is 12.1 Å². The molecule has 7 heteroatoms. The Balaban J connectivity index is 1.89. The van der Waals surface area contributed by atoms with Crippen LogP contribution in [0.3, 0.4) is 0 Å². The maximum atomic E-state index is 12.7. The van der Waals surface area contributed by atoms with Gasteiger partial charge in [-0.3, -0.25) is 9.59 Å². The van der Waals surface area contributed by atoms with E-state index in [1.54, 1.807) is 37.3 Å². The molecule has 0 aromatic heterocycles. The Kier molecular flexibility index (Phi) is 4.46. The molecule has 2 amide bonds.